The van der Waals surface area contributed by atoms with Crippen LogP contribution in [0.3, 0.4) is 0 Å². The van der Waals surface area contributed by atoms with Crippen molar-refractivity contribution >= 4 is 12.0 Å². The van der Waals surface area contributed by atoms with E-state index in [4.69, 9.17) is 0 Å². The molecule has 2 aliphatic rings. The number of nitrogens with one attached hydrogen (secondary N) is 1. The highest BCUT2D eigenvalue weighted by Gasteiger charge is 2.54. The molecule has 4 rings (SSSR count). The van der Waals surface area contributed by atoms with Gasteiger partial charge in [-0.2, -0.15) is 0 Å². The molecule has 1 aliphatic carbocycles. The molecule has 1 N–H and O–H groups in total. The lowest BCUT2D eigenvalue weighted by Gasteiger charge is -2.19. The van der Waals surface area contributed by atoms with Crippen LogP contribution in [-0.4, -0.2) is 45.4 Å². The molecule has 2 fully saturated rings. The molecule has 134 valence electrons. The van der Waals surface area contributed by atoms with Gasteiger partial charge in [-0.1, -0.05) is 6.07 Å². The summed E-state index contributed by atoms with van der Waals surface area (Å²) < 4.78 is 0. The smallest absolute Gasteiger partial charge is 0.244 e. The van der Waals surface area contributed by atoms with E-state index >= 15 is 0 Å². The number of nitrogens with zero attached hydrogens (tertiary/aromatic N) is 4. The molecule has 1 unspecified atom stereocenters. The van der Waals surface area contributed by atoms with Crippen LogP contribution in [0, 0.1) is 17.8 Å². The number of hydrogen-bond donors (Lipinski definition) is 1. The minimum Gasteiger partial charge on any atom is -0.353 e. The van der Waals surface area contributed by atoms with Gasteiger partial charge in [0.2, 0.25) is 5.91 Å². The topological polar surface area (TPSA) is 71.0 Å². The van der Waals surface area contributed by atoms with Gasteiger partial charge in [0.1, 0.15) is 6.33 Å². The fraction of sp³-hybridized carbons (Fsp3) is 0.400. The van der Waals surface area contributed by atoms with Crippen molar-refractivity contribution in [3.63, 3.8) is 0 Å². The van der Waals surface area contributed by atoms with Crippen LogP contribution in [0.2, 0.25) is 0 Å². The maximum absolute atomic E-state index is 11.9. The van der Waals surface area contributed by atoms with Gasteiger partial charge in [0, 0.05) is 62.6 Å². The van der Waals surface area contributed by atoms with Gasteiger partial charge in [0.25, 0.3) is 0 Å². The minimum atomic E-state index is -0.0367. The monoisotopic (exact) mass is 349 g/mol. The molecule has 26 heavy (non-hydrogen) atoms. The second kappa shape index (κ2) is 7.74. The van der Waals surface area contributed by atoms with Gasteiger partial charge in [-0.25, -0.2) is 9.97 Å². The number of rotatable bonds is 7. The van der Waals surface area contributed by atoms with Crippen LogP contribution in [0.15, 0.2) is 49.3 Å². The molecule has 3 heterocycles. The zero-order valence-corrected chi connectivity index (χ0v) is 14.7. The maximum atomic E-state index is 11.9. The molecule has 6 heteroatoms. The Kier molecular flexibility index (Phi) is 5.02. The molecule has 3 atom stereocenters. The third-order valence-electron chi connectivity index (χ3n) is 5.36. The van der Waals surface area contributed by atoms with E-state index in [9.17, 15) is 4.79 Å². The van der Waals surface area contributed by atoms with Gasteiger partial charge in [0.15, 0.2) is 0 Å². The number of likely N-dealkylation sites (tertiary alicyclic amines) is 1. The highest BCUT2D eigenvalue weighted by atomic mass is 16.1. The molecule has 0 radical (unpaired) electrons. The van der Waals surface area contributed by atoms with Crippen molar-refractivity contribution in [1.82, 2.24) is 25.2 Å². The number of fused-ring (bicyclic) bond motifs is 1. The van der Waals surface area contributed by atoms with Crippen molar-refractivity contribution in [2.45, 2.75) is 13.0 Å². The molecule has 1 saturated carbocycles. The Bertz CT molecular complexity index is 752. The van der Waals surface area contributed by atoms with Crippen LogP contribution in [-0.2, 0) is 11.3 Å². The number of pyridine rings is 1. The number of aromatic nitrogens is 3. The SMILES string of the molecule is O=C(/C=C/c1cccnc1)NCCC1[C@H]2CN(Cc3cncnc3)C[C@@H]12. The molecule has 0 aromatic carbocycles. The summed E-state index contributed by atoms with van der Waals surface area (Å²) in [6, 6.07) is 3.78. The maximum Gasteiger partial charge on any atom is 0.244 e. The van der Waals surface area contributed by atoms with Gasteiger partial charge in [-0.05, 0) is 41.9 Å². The predicted octanol–water partition coefficient (Wildman–Crippen LogP) is 1.77. The molecule has 6 nitrogen and oxygen atoms in total. The van der Waals surface area contributed by atoms with Gasteiger partial charge in [-0.3, -0.25) is 14.7 Å². The largest absolute Gasteiger partial charge is 0.353 e. The van der Waals surface area contributed by atoms with Crippen LogP contribution in [0.25, 0.3) is 6.08 Å². The summed E-state index contributed by atoms with van der Waals surface area (Å²) in [5, 5.41) is 2.99. The normalized spacial score (nSPS) is 24.5. The first-order valence-corrected chi connectivity index (χ1v) is 9.12. The predicted molar refractivity (Wildman–Crippen MR) is 98.7 cm³/mol. The van der Waals surface area contributed by atoms with E-state index in [0.29, 0.717) is 0 Å². The lowest BCUT2D eigenvalue weighted by Crippen LogP contribution is -2.26. The minimum absolute atomic E-state index is 0.0367. The van der Waals surface area contributed by atoms with Crippen molar-refractivity contribution in [3.05, 3.63) is 60.5 Å². The first kappa shape index (κ1) is 16.8. The van der Waals surface area contributed by atoms with E-state index < -0.39 is 0 Å². The van der Waals surface area contributed by atoms with E-state index in [1.165, 1.54) is 5.56 Å². The van der Waals surface area contributed by atoms with Crippen molar-refractivity contribution in [1.29, 1.82) is 0 Å². The summed E-state index contributed by atoms with van der Waals surface area (Å²) in [6.07, 6.45) is 13.3. The summed E-state index contributed by atoms with van der Waals surface area (Å²) in [4.78, 5) is 26.5. The third kappa shape index (κ3) is 4.14. The number of amides is 1. The van der Waals surface area contributed by atoms with E-state index in [0.717, 1.165) is 55.9 Å². The summed E-state index contributed by atoms with van der Waals surface area (Å²) in [5.41, 5.74) is 2.11. The summed E-state index contributed by atoms with van der Waals surface area (Å²) >= 11 is 0. The van der Waals surface area contributed by atoms with Crippen LogP contribution in [0.5, 0.6) is 0 Å². The zero-order chi connectivity index (χ0) is 17.8. The Labute approximate surface area is 153 Å². The first-order chi connectivity index (χ1) is 12.8. The molecule has 2 aromatic heterocycles. The highest BCUT2D eigenvalue weighted by Crippen LogP contribution is 2.53. The number of carbonyl (C=O) groups excluding carboxylic acids is 1. The van der Waals surface area contributed by atoms with Crippen molar-refractivity contribution < 1.29 is 4.79 Å². The van der Waals surface area contributed by atoms with E-state index in [2.05, 4.69) is 25.2 Å². The lowest BCUT2D eigenvalue weighted by molar-refractivity contribution is -0.116. The molecular formula is C20H23N5O. The second-order valence-corrected chi connectivity index (χ2v) is 7.13. The molecular weight excluding hydrogens is 326 g/mol. The fourth-order valence-electron chi connectivity index (χ4n) is 4.03. The Hall–Kier alpha value is -2.60. The average molecular weight is 349 g/mol. The van der Waals surface area contributed by atoms with Crippen LogP contribution >= 0.6 is 0 Å². The van der Waals surface area contributed by atoms with E-state index in [-0.39, 0.29) is 5.91 Å². The van der Waals surface area contributed by atoms with Crippen molar-refractivity contribution in [2.24, 2.45) is 17.8 Å². The second-order valence-electron chi connectivity index (χ2n) is 7.13. The molecule has 2 aromatic rings. The van der Waals surface area contributed by atoms with Gasteiger partial charge >= 0.3 is 0 Å². The van der Waals surface area contributed by atoms with Gasteiger partial charge < -0.3 is 5.32 Å². The Morgan fingerprint density at radius 1 is 1.19 bits per heavy atom. The Balaban J connectivity index is 1.14. The van der Waals surface area contributed by atoms with Crippen LogP contribution in [0.1, 0.15) is 17.5 Å². The standard InChI is InChI=1S/C20H23N5O/c26-20(4-3-15-2-1-6-21-8-15)24-7-5-17-18-12-25(13-19(17)18)11-16-9-22-14-23-10-16/h1-4,6,8-10,14,17-19H,5,7,11-13H2,(H,24,26)/b4-3+/t17?,18-,19+. The zero-order valence-electron chi connectivity index (χ0n) is 14.7. The van der Waals surface area contributed by atoms with Gasteiger partial charge in [0.05, 0.1) is 0 Å². The fourth-order valence-corrected chi connectivity index (χ4v) is 4.03. The summed E-state index contributed by atoms with van der Waals surface area (Å²) in [6.45, 7) is 4.00. The van der Waals surface area contributed by atoms with Crippen LogP contribution in [0.4, 0.5) is 0 Å². The number of piperidine rings is 1. The highest BCUT2D eigenvalue weighted by molar-refractivity contribution is 5.91. The van der Waals surface area contributed by atoms with Crippen molar-refractivity contribution in [3.8, 4) is 0 Å². The van der Waals surface area contributed by atoms with E-state index in [1.807, 2.05) is 24.5 Å². The van der Waals surface area contributed by atoms with E-state index in [1.54, 1.807) is 30.9 Å². The van der Waals surface area contributed by atoms with Crippen molar-refractivity contribution in [2.75, 3.05) is 19.6 Å². The lowest BCUT2D eigenvalue weighted by atomic mass is 10.2. The molecule has 0 spiro atoms. The van der Waals surface area contributed by atoms with Crippen LogP contribution < -0.4 is 5.32 Å². The van der Waals surface area contributed by atoms with Gasteiger partial charge in [-0.15, -0.1) is 0 Å². The molecule has 0 bridgehead atoms. The summed E-state index contributed by atoms with van der Waals surface area (Å²) in [7, 11) is 0. The third-order valence-corrected chi connectivity index (χ3v) is 5.36. The Morgan fingerprint density at radius 2 is 2.00 bits per heavy atom. The first-order valence-electron chi connectivity index (χ1n) is 9.12. The number of hydrogen-bond acceptors (Lipinski definition) is 5. The quantitative estimate of drug-likeness (QED) is 0.772. The average Bonchev–Trinajstić information content (AvgIpc) is 3.12. The summed E-state index contributed by atoms with van der Waals surface area (Å²) in [5.74, 6) is 2.32. The molecule has 1 amide bonds. The molecule has 1 saturated heterocycles. The molecule has 1 aliphatic heterocycles. The Morgan fingerprint density at radius 3 is 2.73 bits per heavy atom. The number of carbonyl (C=O) groups is 1.